The van der Waals surface area contributed by atoms with Crippen LogP contribution in [0.5, 0.6) is 0 Å². The summed E-state index contributed by atoms with van der Waals surface area (Å²) in [5, 5.41) is 6.02. The van der Waals surface area contributed by atoms with Gasteiger partial charge in [-0.25, -0.2) is 9.78 Å². The van der Waals surface area contributed by atoms with E-state index in [2.05, 4.69) is 64.9 Å². The lowest BCUT2D eigenvalue weighted by atomic mass is 10.0. The zero-order valence-corrected chi connectivity index (χ0v) is 19.2. The molecule has 32 heavy (non-hydrogen) atoms. The van der Waals surface area contributed by atoms with Gasteiger partial charge in [-0.05, 0) is 55.2 Å². The van der Waals surface area contributed by atoms with Gasteiger partial charge in [0.05, 0.1) is 0 Å². The molecule has 0 fully saturated rings. The number of thiazole rings is 1. The van der Waals surface area contributed by atoms with E-state index in [1.165, 1.54) is 11.1 Å². The van der Waals surface area contributed by atoms with Gasteiger partial charge in [0.2, 0.25) is 0 Å². The summed E-state index contributed by atoms with van der Waals surface area (Å²) >= 11 is 1.62. The number of benzene rings is 3. The summed E-state index contributed by atoms with van der Waals surface area (Å²) in [5.74, 6) is 0. The number of nitrogens with zero attached hydrogens (tertiary/aromatic N) is 2. The van der Waals surface area contributed by atoms with Crippen molar-refractivity contribution >= 4 is 23.1 Å². The molecule has 5 heteroatoms. The minimum atomic E-state index is -0.101. The summed E-state index contributed by atoms with van der Waals surface area (Å²) in [6, 6.07) is 26.7. The Labute approximate surface area is 193 Å². The van der Waals surface area contributed by atoms with E-state index in [0.29, 0.717) is 6.54 Å². The number of carbonyl (C=O) groups excluding carboxylic acids is 1. The van der Waals surface area contributed by atoms with E-state index in [1.807, 2.05) is 54.6 Å². The lowest BCUT2D eigenvalue weighted by Gasteiger charge is -2.27. The van der Waals surface area contributed by atoms with Crippen molar-refractivity contribution in [2.24, 2.45) is 0 Å². The van der Waals surface area contributed by atoms with E-state index < -0.39 is 0 Å². The Morgan fingerprint density at radius 2 is 1.66 bits per heavy atom. The van der Waals surface area contributed by atoms with Crippen LogP contribution < -0.4 is 5.32 Å². The first-order chi connectivity index (χ1) is 15.6. The van der Waals surface area contributed by atoms with Crippen molar-refractivity contribution in [1.29, 1.82) is 0 Å². The van der Waals surface area contributed by atoms with Crippen molar-refractivity contribution in [2.45, 2.75) is 32.9 Å². The maximum atomic E-state index is 13.1. The molecule has 0 atom stereocenters. The Kier molecular flexibility index (Phi) is 6.97. The first-order valence-electron chi connectivity index (χ1n) is 10.8. The first-order valence-corrected chi connectivity index (χ1v) is 11.7. The standard InChI is InChI=1S/C27H27N3OS/c1-20(2)30(19-23-9-6-10-24(18-23)26-28-15-16-32-26)27(31)29-25-13-11-22(12-14-25)17-21-7-4-3-5-8-21/h3-16,18,20H,17,19H2,1-2H3,(H,29,31). The van der Waals surface area contributed by atoms with Gasteiger partial charge in [-0.1, -0.05) is 60.7 Å². The Hall–Kier alpha value is -3.44. The van der Waals surface area contributed by atoms with E-state index in [1.54, 1.807) is 11.3 Å². The van der Waals surface area contributed by atoms with E-state index in [9.17, 15) is 4.79 Å². The molecule has 0 radical (unpaired) electrons. The Bertz CT molecular complexity index is 1140. The number of amides is 2. The topological polar surface area (TPSA) is 45.2 Å². The smallest absolute Gasteiger partial charge is 0.318 e. The molecule has 162 valence electrons. The molecule has 1 heterocycles. The van der Waals surface area contributed by atoms with E-state index in [4.69, 9.17) is 0 Å². The molecule has 0 spiro atoms. The summed E-state index contributed by atoms with van der Waals surface area (Å²) < 4.78 is 0. The van der Waals surface area contributed by atoms with Gasteiger partial charge in [0.1, 0.15) is 5.01 Å². The monoisotopic (exact) mass is 441 g/mol. The highest BCUT2D eigenvalue weighted by molar-refractivity contribution is 7.13. The van der Waals surface area contributed by atoms with Gasteiger partial charge in [-0.2, -0.15) is 0 Å². The van der Waals surface area contributed by atoms with Crippen LogP contribution in [0.4, 0.5) is 10.5 Å². The fraction of sp³-hybridized carbons (Fsp3) is 0.185. The highest BCUT2D eigenvalue weighted by Gasteiger charge is 2.18. The molecule has 0 bridgehead atoms. The summed E-state index contributed by atoms with van der Waals surface area (Å²) in [4.78, 5) is 19.3. The number of carbonyl (C=O) groups is 1. The van der Waals surface area contributed by atoms with Crippen LogP contribution in [0.25, 0.3) is 10.6 Å². The third-order valence-electron chi connectivity index (χ3n) is 5.30. The molecule has 0 aliphatic carbocycles. The van der Waals surface area contributed by atoms with Gasteiger partial charge in [0.25, 0.3) is 0 Å². The maximum absolute atomic E-state index is 13.1. The molecule has 3 aromatic carbocycles. The number of hydrogen-bond donors (Lipinski definition) is 1. The zero-order valence-electron chi connectivity index (χ0n) is 18.4. The normalized spacial score (nSPS) is 10.8. The van der Waals surface area contributed by atoms with Crippen molar-refractivity contribution in [3.05, 3.63) is 107 Å². The molecule has 4 nitrogen and oxygen atoms in total. The molecule has 0 saturated heterocycles. The van der Waals surface area contributed by atoms with Crippen molar-refractivity contribution in [1.82, 2.24) is 9.88 Å². The fourth-order valence-electron chi connectivity index (χ4n) is 3.59. The van der Waals surface area contributed by atoms with Gasteiger partial charge < -0.3 is 10.2 Å². The van der Waals surface area contributed by atoms with Gasteiger partial charge in [-0.15, -0.1) is 11.3 Å². The molecular weight excluding hydrogens is 414 g/mol. The quantitative estimate of drug-likeness (QED) is 0.341. The maximum Gasteiger partial charge on any atom is 0.322 e. The van der Waals surface area contributed by atoms with Crippen LogP contribution in [-0.2, 0) is 13.0 Å². The lowest BCUT2D eigenvalue weighted by Crippen LogP contribution is -2.39. The fourth-order valence-corrected chi connectivity index (χ4v) is 4.22. The average Bonchev–Trinajstić information content (AvgIpc) is 3.35. The van der Waals surface area contributed by atoms with Crippen molar-refractivity contribution in [3.63, 3.8) is 0 Å². The molecular formula is C27H27N3OS. The molecule has 4 aromatic rings. The highest BCUT2D eigenvalue weighted by atomic mass is 32.1. The van der Waals surface area contributed by atoms with E-state index in [-0.39, 0.29) is 12.1 Å². The minimum absolute atomic E-state index is 0.0656. The number of rotatable bonds is 7. The van der Waals surface area contributed by atoms with Gasteiger partial charge in [0.15, 0.2) is 0 Å². The first kappa shape index (κ1) is 21.8. The average molecular weight is 442 g/mol. The number of aromatic nitrogens is 1. The predicted molar refractivity (Wildman–Crippen MR) is 133 cm³/mol. The highest BCUT2D eigenvalue weighted by Crippen LogP contribution is 2.23. The number of nitrogens with one attached hydrogen (secondary N) is 1. The van der Waals surface area contributed by atoms with Gasteiger partial charge in [0, 0.05) is 35.4 Å². The second kappa shape index (κ2) is 10.2. The van der Waals surface area contributed by atoms with Gasteiger partial charge >= 0.3 is 6.03 Å². The van der Waals surface area contributed by atoms with Crippen LogP contribution in [0.2, 0.25) is 0 Å². The molecule has 0 unspecified atom stereocenters. The van der Waals surface area contributed by atoms with Crippen LogP contribution in [0.15, 0.2) is 90.4 Å². The summed E-state index contributed by atoms with van der Waals surface area (Å²) in [6.45, 7) is 4.61. The lowest BCUT2D eigenvalue weighted by molar-refractivity contribution is 0.193. The predicted octanol–water partition coefficient (Wildman–Crippen LogP) is 6.84. The van der Waals surface area contributed by atoms with Crippen LogP contribution >= 0.6 is 11.3 Å². The van der Waals surface area contributed by atoms with Crippen LogP contribution in [0, 0.1) is 0 Å². The third-order valence-corrected chi connectivity index (χ3v) is 6.12. The summed E-state index contributed by atoms with van der Waals surface area (Å²) in [5.41, 5.74) is 5.45. The van der Waals surface area contributed by atoms with Crippen LogP contribution in [0.3, 0.4) is 0 Å². The zero-order chi connectivity index (χ0) is 22.3. The SMILES string of the molecule is CC(C)N(Cc1cccc(-c2nccs2)c1)C(=O)Nc1ccc(Cc2ccccc2)cc1. The largest absolute Gasteiger partial charge is 0.322 e. The summed E-state index contributed by atoms with van der Waals surface area (Å²) in [6.07, 6.45) is 2.69. The number of urea groups is 1. The molecule has 2 amide bonds. The van der Waals surface area contributed by atoms with Gasteiger partial charge in [-0.3, -0.25) is 0 Å². The number of anilines is 1. The molecule has 0 saturated carbocycles. The number of hydrogen-bond acceptors (Lipinski definition) is 3. The van der Waals surface area contributed by atoms with Crippen molar-refractivity contribution in [2.75, 3.05) is 5.32 Å². The molecule has 1 aromatic heterocycles. The third kappa shape index (κ3) is 5.62. The Morgan fingerprint density at radius 1 is 0.938 bits per heavy atom. The second-order valence-corrected chi connectivity index (χ2v) is 8.94. The minimum Gasteiger partial charge on any atom is -0.318 e. The summed E-state index contributed by atoms with van der Waals surface area (Å²) in [7, 11) is 0. The van der Waals surface area contributed by atoms with Crippen LogP contribution in [0.1, 0.15) is 30.5 Å². The molecule has 1 N–H and O–H groups in total. The molecule has 0 aliphatic rings. The van der Waals surface area contributed by atoms with E-state index in [0.717, 1.165) is 28.2 Å². The van der Waals surface area contributed by atoms with Crippen molar-refractivity contribution in [3.8, 4) is 10.6 Å². The second-order valence-electron chi connectivity index (χ2n) is 8.05. The van der Waals surface area contributed by atoms with E-state index >= 15 is 0 Å². The molecule has 4 rings (SSSR count). The Morgan fingerprint density at radius 3 is 2.34 bits per heavy atom. The Balaban J connectivity index is 1.42. The molecule has 0 aliphatic heterocycles. The van der Waals surface area contributed by atoms with Crippen LogP contribution in [-0.4, -0.2) is 22.0 Å². The van der Waals surface area contributed by atoms with Crippen molar-refractivity contribution < 1.29 is 4.79 Å².